The highest BCUT2D eigenvalue weighted by molar-refractivity contribution is 5.88. The van der Waals surface area contributed by atoms with Crippen LogP contribution in [0, 0.1) is 18.7 Å². The summed E-state index contributed by atoms with van der Waals surface area (Å²) in [5.41, 5.74) is 4.62. The first-order valence-corrected chi connectivity index (χ1v) is 12.7. The van der Waals surface area contributed by atoms with Gasteiger partial charge >= 0.3 is 0 Å². The van der Waals surface area contributed by atoms with Crippen LogP contribution in [-0.4, -0.2) is 48.9 Å². The average Bonchev–Trinajstić information content (AvgIpc) is 2.86. The number of halogens is 1. The summed E-state index contributed by atoms with van der Waals surface area (Å²) in [5.74, 6) is 0.460. The van der Waals surface area contributed by atoms with Crippen molar-refractivity contribution in [1.29, 1.82) is 0 Å². The van der Waals surface area contributed by atoms with Crippen LogP contribution in [-0.2, 0) is 11.2 Å². The standard InChI is InChI=1S/C28H36FN3O/c1-20-11-13-23(29)19-26(20)31-15-17-32(18-16-31)27(28(33)22-8-3-2-4-9-22)25-14-12-21-7-5-6-10-24(21)30-25/h5-7,10-11,13,19,22,25,27,30H,2-4,8-9,12,14-18H2,1H3. The minimum absolute atomic E-state index is 0.0859. The lowest BCUT2D eigenvalue weighted by atomic mass is 9.80. The number of fused-ring (bicyclic) bond motifs is 1. The van der Waals surface area contributed by atoms with E-state index in [2.05, 4.69) is 39.4 Å². The second kappa shape index (κ2) is 9.84. The molecule has 5 rings (SSSR count). The molecule has 33 heavy (non-hydrogen) atoms. The number of nitrogens with zero attached hydrogens (tertiary/aromatic N) is 2. The monoisotopic (exact) mass is 449 g/mol. The van der Waals surface area contributed by atoms with Gasteiger partial charge in [-0.15, -0.1) is 0 Å². The van der Waals surface area contributed by atoms with Crippen molar-refractivity contribution in [3.63, 3.8) is 0 Å². The summed E-state index contributed by atoms with van der Waals surface area (Å²) in [5, 5.41) is 3.75. The maximum atomic E-state index is 13.9. The zero-order valence-electron chi connectivity index (χ0n) is 19.7. The Bertz CT molecular complexity index is 979. The number of carbonyl (C=O) groups is 1. The first-order chi connectivity index (χ1) is 16.1. The van der Waals surface area contributed by atoms with Gasteiger partial charge in [0.05, 0.1) is 6.04 Å². The number of Topliss-reactive ketones (excluding diaryl/α,β-unsaturated/α-hetero) is 1. The van der Waals surface area contributed by atoms with Gasteiger partial charge in [-0.1, -0.05) is 43.5 Å². The molecule has 176 valence electrons. The van der Waals surface area contributed by atoms with E-state index in [0.29, 0.717) is 5.78 Å². The number of hydrogen-bond acceptors (Lipinski definition) is 4. The predicted molar refractivity (Wildman–Crippen MR) is 132 cm³/mol. The number of benzene rings is 2. The Balaban J connectivity index is 1.35. The molecular formula is C28H36FN3O. The lowest BCUT2D eigenvalue weighted by Crippen LogP contribution is -2.60. The molecule has 1 saturated carbocycles. The Morgan fingerprint density at radius 2 is 1.76 bits per heavy atom. The molecule has 4 nitrogen and oxygen atoms in total. The van der Waals surface area contributed by atoms with E-state index in [0.717, 1.165) is 63.1 Å². The molecule has 1 saturated heterocycles. The molecule has 0 radical (unpaired) electrons. The first-order valence-electron chi connectivity index (χ1n) is 12.7. The molecule has 0 spiro atoms. The van der Waals surface area contributed by atoms with Crippen molar-refractivity contribution in [2.45, 2.75) is 64.0 Å². The van der Waals surface area contributed by atoms with Gasteiger partial charge in [-0.3, -0.25) is 9.69 Å². The van der Waals surface area contributed by atoms with E-state index in [9.17, 15) is 9.18 Å². The molecule has 2 aromatic carbocycles. The summed E-state index contributed by atoms with van der Waals surface area (Å²) in [4.78, 5) is 18.6. The van der Waals surface area contributed by atoms with Crippen molar-refractivity contribution < 1.29 is 9.18 Å². The summed E-state index contributed by atoms with van der Waals surface area (Å²) in [7, 11) is 0. The minimum atomic E-state index is -0.187. The number of hydrogen-bond donors (Lipinski definition) is 1. The molecule has 2 heterocycles. The van der Waals surface area contributed by atoms with Crippen LogP contribution in [0.4, 0.5) is 15.8 Å². The van der Waals surface area contributed by atoms with Gasteiger partial charge in [0.1, 0.15) is 5.82 Å². The van der Waals surface area contributed by atoms with E-state index < -0.39 is 0 Å². The number of rotatable bonds is 5. The maximum Gasteiger partial charge on any atom is 0.155 e. The largest absolute Gasteiger partial charge is 0.380 e. The van der Waals surface area contributed by atoms with Gasteiger partial charge < -0.3 is 10.2 Å². The van der Waals surface area contributed by atoms with Crippen molar-refractivity contribution in [2.24, 2.45) is 5.92 Å². The van der Waals surface area contributed by atoms with E-state index in [1.165, 1.54) is 36.6 Å². The number of anilines is 2. The Kier molecular flexibility index (Phi) is 6.68. The number of nitrogens with one attached hydrogen (secondary N) is 1. The Labute approximate surface area is 197 Å². The molecular weight excluding hydrogens is 413 g/mol. The van der Waals surface area contributed by atoms with Gasteiger partial charge in [-0.25, -0.2) is 4.39 Å². The Morgan fingerprint density at radius 1 is 1.00 bits per heavy atom. The fraction of sp³-hybridized carbons (Fsp3) is 0.536. The topological polar surface area (TPSA) is 35.6 Å². The lowest BCUT2D eigenvalue weighted by molar-refractivity contribution is -0.130. The number of carbonyl (C=O) groups excluding carboxylic acids is 1. The summed E-state index contributed by atoms with van der Waals surface area (Å²) in [6.07, 6.45) is 7.71. The van der Waals surface area contributed by atoms with Crippen LogP contribution in [0.15, 0.2) is 42.5 Å². The van der Waals surface area contributed by atoms with Crippen LogP contribution in [0.2, 0.25) is 0 Å². The molecule has 0 amide bonds. The molecule has 2 unspecified atom stereocenters. The molecule has 5 heteroatoms. The summed E-state index contributed by atoms with van der Waals surface area (Å²) >= 11 is 0. The third-order valence-corrected chi connectivity index (χ3v) is 7.98. The highest BCUT2D eigenvalue weighted by Crippen LogP contribution is 2.33. The molecule has 1 N–H and O–H groups in total. The third kappa shape index (κ3) is 4.79. The highest BCUT2D eigenvalue weighted by atomic mass is 19.1. The van der Waals surface area contributed by atoms with Gasteiger partial charge in [-0.2, -0.15) is 0 Å². The van der Waals surface area contributed by atoms with E-state index >= 15 is 0 Å². The second-order valence-electron chi connectivity index (χ2n) is 10.1. The van der Waals surface area contributed by atoms with Crippen molar-refractivity contribution in [3.05, 3.63) is 59.4 Å². The van der Waals surface area contributed by atoms with Gasteiger partial charge in [0.2, 0.25) is 0 Å². The molecule has 3 aliphatic rings. The zero-order chi connectivity index (χ0) is 22.8. The van der Waals surface area contributed by atoms with Crippen LogP contribution in [0.5, 0.6) is 0 Å². The van der Waals surface area contributed by atoms with Crippen molar-refractivity contribution >= 4 is 17.2 Å². The lowest BCUT2D eigenvalue weighted by Gasteiger charge is -2.45. The van der Waals surface area contributed by atoms with Crippen molar-refractivity contribution in [3.8, 4) is 0 Å². The number of ketones is 1. The minimum Gasteiger partial charge on any atom is -0.380 e. The number of piperazine rings is 1. The molecule has 0 bridgehead atoms. The van der Waals surface area contributed by atoms with Gasteiger partial charge in [0, 0.05) is 49.5 Å². The summed E-state index contributed by atoms with van der Waals surface area (Å²) < 4.78 is 13.9. The Morgan fingerprint density at radius 3 is 2.55 bits per heavy atom. The molecule has 2 atom stereocenters. The molecule has 0 aromatic heterocycles. The number of para-hydroxylation sites is 1. The van der Waals surface area contributed by atoms with Crippen molar-refractivity contribution in [2.75, 3.05) is 36.4 Å². The molecule has 2 aliphatic heterocycles. The molecule has 2 fully saturated rings. The van der Waals surface area contributed by atoms with Crippen LogP contribution in [0.25, 0.3) is 0 Å². The SMILES string of the molecule is Cc1ccc(F)cc1N1CCN(C(C(=O)C2CCCCC2)C2CCc3ccccc3N2)CC1. The fourth-order valence-corrected chi connectivity index (χ4v) is 6.12. The molecule has 1 aliphatic carbocycles. The second-order valence-corrected chi connectivity index (χ2v) is 10.1. The smallest absolute Gasteiger partial charge is 0.155 e. The maximum absolute atomic E-state index is 13.9. The van der Waals surface area contributed by atoms with E-state index in [-0.39, 0.29) is 23.8 Å². The normalized spacial score (nSPS) is 23.0. The van der Waals surface area contributed by atoms with Crippen LogP contribution < -0.4 is 10.2 Å². The quantitative estimate of drug-likeness (QED) is 0.681. The van der Waals surface area contributed by atoms with Gasteiger partial charge in [0.25, 0.3) is 0 Å². The predicted octanol–water partition coefficient (Wildman–Crippen LogP) is 5.20. The molecule has 2 aromatic rings. The summed E-state index contributed by atoms with van der Waals surface area (Å²) in [6.45, 7) is 5.35. The van der Waals surface area contributed by atoms with Crippen LogP contribution in [0.3, 0.4) is 0 Å². The summed E-state index contributed by atoms with van der Waals surface area (Å²) in [6, 6.07) is 13.6. The first kappa shape index (κ1) is 22.4. The van der Waals surface area contributed by atoms with Gasteiger partial charge in [0.15, 0.2) is 5.78 Å². The van der Waals surface area contributed by atoms with Crippen LogP contribution in [0.1, 0.15) is 49.7 Å². The van der Waals surface area contributed by atoms with E-state index in [4.69, 9.17) is 0 Å². The Hall–Kier alpha value is -2.40. The third-order valence-electron chi connectivity index (χ3n) is 7.98. The van der Waals surface area contributed by atoms with E-state index in [1.54, 1.807) is 6.07 Å². The zero-order valence-corrected chi connectivity index (χ0v) is 19.7. The average molecular weight is 450 g/mol. The van der Waals surface area contributed by atoms with Crippen LogP contribution >= 0.6 is 0 Å². The van der Waals surface area contributed by atoms with E-state index in [1.807, 2.05) is 13.0 Å². The van der Waals surface area contributed by atoms with Crippen molar-refractivity contribution in [1.82, 2.24) is 4.90 Å². The fourth-order valence-electron chi connectivity index (χ4n) is 6.12. The highest BCUT2D eigenvalue weighted by Gasteiger charge is 2.40. The van der Waals surface area contributed by atoms with Gasteiger partial charge in [-0.05, 0) is 61.9 Å². The number of aryl methyl sites for hydroxylation is 2.